The van der Waals surface area contributed by atoms with Gasteiger partial charge in [0.15, 0.2) is 0 Å². The van der Waals surface area contributed by atoms with E-state index in [0.29, 0.717) is 6.61 Å². The third-order valence-corrected chi connectivity index (χ3v) is 4.76. The smallest absolute Gasteiger partial charge is 0.129 e. The average Bonchev–Trinajstić information content (AvgIpc) is 2.62. The Balaban J connectivity index is 1.59. The second-order valence-corrected chi connectivity index (χ2v) is 6.74. The van der Waals surface area contributed by atoms with Gasteiger partial charge in [-0.15, -0.1) is 0 Å². The minimum absolute atomic E-state index is 0.0266. The zero-order valence-electron chi connectivity index (χ0n) is 13.0. The summed E-state index contributed by atoms with van der Waals surface area (Å²) in [5.41, 5.74) is 2.09. The molecule has 1 aromatic heterocycles. The van der Waals surface area contributed by atoms with Crippen molar-refractivity contribution in [2.24, 2.45) is 0 Å². The first-order valence-electron chi connectivity index (χ1n) is 7.87. The van der Waals surface area contributed by atoms with Gasteiger partial charge in [0, 0.05) is 28.5 Å². The van der Waals surface area contributed by atoms with Gasteiger partial charge in [0.1, 0.15) is 11.9 Å². The fraction of sp³-hybridized carbons (Fsp3) is 0.211. The van der Waals surface area contributed by atoms with Gasteiger partial charge in [0.25, 0.3) is 0 Å². The highest BCUT2D eigenvalue weighted by molar-refractivity contribution is 6.31. The summed E-state index contributed by atoms with van der Waals surface area (Å²) in [6, 6.07) is 17.7. The van der Waals surface area contributed by atoms with Gasteiger partial charge < -0.3 is 9.64 Å². The maximum Gasteiger partial charge on any atom is 0.129 e. The molecule has 3 nitrogen and oxygen atoms in total. The number of hydrogen-bond donors (Lipinski definition) is 0. The molecular weight excluding hydrogens is 343 g/mol. The van der Waals surface area contributed by atoms with Crippen LogP contribution >= 0.6 is 23.2 Å². The fourth-order valence-corrected chi connectivity index (χ4v) is 3.30. The summed E-state index contributed by atoms with van der Waals surface area (Å²) in [4.78, 5) is 7.03. The molecule has 1 saturated heterocycles. The van der Waals surface area contributed by atoms with E-state index in [1.54, 1.807) is 0 Å². The first-order valence-corrected chi connectivity index (χ1v) is 8.63. The molecule has 0 spiro atoms. The number of nitrogens with zero attached hydrogens (tertiary/aromatic N) is 2. The topological polar surface area (TPSA) is 25.4 Å². The molecule has 2 aromatic carbocycles. The molecule has 5 heteroatoms. The van der Waals surface area contributed by atoms with Crippen LogP contribution in [-0.2, 0) is 4.74 Å². The van der Waals surface area contributed by atoms with E-state index in [4.69, 9.17) is 32.9 Å². The number of aromatic nitrogens is 1. The Morgan fingerprint density at radius 3 is 2.58 bits per heavy atom. The molecule has 24 heavy (non-hydrogen) atoms. The number of anilines is 1. The zero-order valence-corrected chi connectivity index (χ0v) is 14.5. The molecule has 0 aliphatic carbocycles. The monoisotopic (exact) mass is 358 g/mol. The summed E-state index contributed by atoms with van der Waals surface area (Å²) >= 11 is 12.0. The van der Waals surface area contributed by atoms with E-state index in [0.717, 1.165) is 45.4 Å². The molecule has 122 valence electrons. The van der Waals surface area contributed by atoms with Crippen molar-refractivity contribution in [2.75, 3.05) is 24.6 Å². The summed E-state index contributed by atoms with van der Waals surface area (Å²) in [6.45, 7) is 2.28. The standard InChI is InChI=1S/C19H16Cl2N2O/c20-15-4-1-13(2-5-15)18-12-23(9-10-24-18)19-8-3-14-11-16(21)6-7-17(14)22-19/h1-8,11,18H,9-10,12H2. The van der Waals surface area contributed by atoms with Crippen LogP contribution < -0.4 is 4.90 Å². The highest BCUT2D eigenvalue weighted by Crippen LogP contribution is 2.27. The van der Waals surface area contributed by atoms with Crippen LogP contribution in [0.2, 0.25) is 10.0 Å². The number of pyridine rings is 1. The van der Waals surface area contributed by atoms with Crippen LogP contribution in [0.1, 0.15) is 11.7 Å². The molecule has 1 fully saturated rings. The molecule has 2 heterocycles. The van der Waals surface area contributed by atoms with Gasteiger partial charge in [0.05, 0.1) is 12.1 Å². The predicted octanol–water partition coefficient (Wildman–Crippen LogP) is 5.12. The average molecular weight is 359 g/mol. The second kappa shape index (κ2) is 6.60. The minimum Gasteiger partial charge on any atom is -0.370 e. The van der Waals surface area contributed by atoms with E-state index >= 15 is 0 Å². The molecule has 0 bridgehead atoms. The largest absolute Gasteiger partial charge is 0.370 e. The van der Waals surface area contributed by atoms with Crippen molar-refractivity contribution in [3.05, 3.63) is 70.2 Å². The number of fused-ring (bicyclic) bond motifs is 1. The summed E-state index contributed by atoms with van der Waals surface area (Å²) in [5.74, 6) is 0.965. The van der Waals surface area contributed by atoms with Crippen molar-refractivity contribution >= 4 is 39.9 Å². The van der Waals surface area contributed by atoms with Crippen LogP contribution in [0.15, 0.2) is 54.6 Å². The molecule has 1 aliphatic heterocycles. The number of halogens is 2. The molecule has 3 aromatic rings. The quantitative estimate of drug-likeness (QED) is 0.635. The Labute approximate surface area is 150 Å². The fourth-order valence-electron chi connectivity index (χ4n) is 3.00. The third-order valence-electron chi connectivity index (χ3n) is 4.27. The summed E-state index contributed by atoms with van der Waals surface area (Å²) in [7, 11) is 0. The first kappa shape index (κ1) is 15.7. The van der Waals surface area contributed by atoms with Crippen LogP contribution in [0.3, 0.4) is 0 Å². The molecule has 1 unspecified atom stereocenters. The Bertz CT molecular complexity index is 867. The molecule has 0 N–H and O–H groups in total. The minimum atomic E-state index is 0.0266. The van der Waals surface area contributed by atoms with Gasteiger partial charge in [-0.2, -0.15) is 0 Å². The van der Waals surface area contributed by atoms with E-state index in [1.807, 2.05) is 48.5 Å². The van der Waals surface area contributed by atoms with Crippen molar-refractivity contribution in [1.82, 2.24) is 4.98 Å². The van der Waals surface area contributed by atoms with Crippen LogP contribution in [0.25, 0.3) is 10.9 Å². The second-order valence-electron chi connectivity index (χ2n) is 5.86. The Kier molecular flexibility index (Phi) is 4.31. The maximum atomic E-state index is 6.04. The van der Waals surface area contributed by atoms with Crippen molar-refractivity contribution < 1.29 is 4.74 Å². The van der Waals surface area contributed by atoms with E-state index < -0.39 is 0 Å². The SMILES string of the molecule is Clc1ccc(C2CN(c3ccc4cc(Cl)ccc4n3)CCO2)cc1. The lowest BCUT2D eigenvalue weighted by Gasteiger charge is -2.34. The van der Waals surface area contributed by atoms with Gasteiger partial charge in [-0.05, 0) is 48.0 Å². The summed E-state index contributed by atoms with van der Waals surface area (Å²) < 4.78 is 5.93. The van der Waals surface area contributed by atoms with E-state index in [-0.39, 0.29) is 6.10 Å². The number of morpholine rings is 1. The molecule has 4 rings (SSSR count). The molecule has 1 aliphatic rings. The lowest BCUT2D eigenvalue weighted by Crippen LogP contribution is -2.38. The number of ether oxygens (including phenoxy) is 1. The lowest BCUT2D eigenvalue weighted by molar-refractivity contribution is 0.0395. The van der Waals surface area contributed by atoms with Gasteiger partial charge in [-0.1, -0.05) is 35.3 Å². The predicted molar refractivity (Wildman–Crippen MR) is 99.1 cm³/mol. The van der Waals surface area contributed by atoms with Gasteiger partial charge in [-0.3, -0.25) is 0 Å². The van der Waals surface area contributed by atoms with Crippen molar-refractivity contribution in [3.8, 4) is 0 Å². The lowest BCUT2D eigenvalue weighted by atomic mass is 10.1. The Morgan fingerprint density at radius 1 is 0.958 bits per heavy atom. The Hall–Kier alpha value is -1.81. The van der Waals surface area contributed by atoms with Crippen LogP contribution in [0, 0.1) is 0 Å². The highest BCUT2D eigenvalue weighted by Gasteiger charge is 2.23. The first-order chi connectivity index (χ1) is 11.7. The van der Waals surface area contributed by atoms with Crippen molar-refractivity contribution in [2.45, 2.75) is 6.10 Å². The van der Waals surface area contributed by atoms with Gasteiger partial charge in [0.2, 0.25) is 0 Å². The normalized spacial score (nSPS) is 18.1. The van der Waals surface area contributed by atoms with E-state index in [1.165, 1.54) is 0 Å². The van der Waals surface area contributed by atoms with Gasteiger partial charge in [-0.25, -0.2) is 4.98 Å². The molecule has 1 atom stereocenters. The number of hydrogen-bond acceptors (Lipinski definition) is 3. The van der Waals surface area contributed by atoms with Crippen LogP contribution in [0.4, 0.5) is 5.82 Å². The van der Waals surface area contributed by atoms with Crippen LogP contribution in [0.5, 0.6) is 0 Å². The van der Waals surface area contributed by atoms with Crippen LogP contribution in [-0.4, -0.2) is 24.7 Å². The summed E-state index contributed by atoms with van der Waals surface area (Å²) in [6.07, 6.45) is 0.0266. The molecule has 0 amide bonds. The van der Waals surface area contributed by atoms with E-state index in [2.05, 4.69) is 11.0 Å². The molecule has 0 radical (unpaired) electrons. The van der Waals surface area contributed by atoms with Crippen molar-refractivity contribution in [1.29, 1.82) is 0 Å². The maximum absolute atomic E-state index is 6.04. The zero-order chi connectivity index (χ0) is 16.5. The molecule has 0 saturated carbocycles. The summed E-state index contributed by atoms with van der Waals surface area (Å²) in [5, 5.41) is 2.52. The van der Waals surface area contributed by atoms with Crippen molar-refractivity contribution in [3.63, 3.8) is 0 Å². The highest BCUT2D eigenvalue weighted by atomic mass is 35.5. The number of benzene rings is 2. The Morgan fingerprint density at radius 2 is 1.75 bits per heavy atom. The third kappa shape index (κ3) is 3.20. The van der Waals surface area contributed by atoms with E-state index in [9.17, 15) is 0 Å². The molecular formula is C19H16Cl2N2O. The van der Waals surface area contributed by atoms with Gasteiger partial charge >= 0.3 is 0 Å². The number of rotatable bonds is 2.